The molecule has 1 aliphatic rings. The summed E-state index contributed by atoms with van der Waals surface area (Å²) in [5, 5.41) is 9.09. The van der Waals surface area contributed by atoms with Crippen molar-refractivity contribution in [1.29, 1.82) is 0 Å². The number of rotatable bonds is 3. The SMILES string of the molecule is C.Cc1ccc(C(OO)C2CCC(C)CC2)c(F)c1F.[HH]. The fraction of sp³-hybridized carbons (Fsp3) is 0.625. The quantitative estimate of drug-likeness (QED) is 0.586. The topological polar surface area (TPSA) is 29.5 Å². The molecule has 1 aromatic carbocycles. The van der Waals surface area contributed by atoms with Gasteiger partial charge in [0.15, 0.2) is 11.6 Å². The second-order valence-corrected chi connectivity index (χ2v) is 5.65. The molecule has 1 saturated carbocycles. The minimum atomic E-state index is -0.905. The summed E-state index contributed by atoms with van der Waals surface area (Å²) in [6.45, 7) is 3.69. The second kappa shape index (κ2) is 7.14. The molecule has 2 rings (SSSR count). The number of hydrogen-bond acceptors (Lipinski definition) is 2. The largest absolute Gasteiger partial charge is 0.251 e. The monoisotopic (exact) mass is 288 g/mol. The highest BCUT2D eigenvalue weighted by molar-refractivity contribution is 5.27. The second-order valence-electron chi connectivity index (χ2n) is 5.65. The summed E-state index contributed by atoms with van der Waals surface area (Å²) in [7, 11) is 0. The normalized spacial score (nSPS) is 24.1. The van der Waals surface area contributed by atoms with E-state index in [0.717, 1.165) is 25.7 Å². The summed E-state index contributed by atoms with van der Waals surface area (Å²) >= 11 is 0. The minimum Gasteiger partial charge on any atom is -0.251 e. The van der Waals surface area contributed by atoms with E-state index in [1.807, 2.05) is 0 Å². The molecular formula is C16H26F2O2. The summed E-state index contributed by atoms with van der Waals surface area (Å²) in [6.07, 6.45) is 3.01. The lowest BCUT2D eigenvalue weighted by molar-refractivity contribution is -0.296. The van der Waals surface area contributed by atoms with Crippen LogP contribution >= 0.6 is 0 Å². The Kier molecular flexibility index (Phi) is 6.08. The fourth-order valence-electron chi connectivity index (χ4n) is 2.87. The van der Waals surface area contributed by atoms with Crippen molar-refractivity contribution < 1.29 is 20.4 Å². The molecule has 1 aromatic rings. The molecular weight excluding hydrogens is 262 g/mol. The van der Waals surface area contributed by atoms with Crippen molar-refractivity contribution in [3.05, 3.63) is 34.9 Å². The van der Waals surface area contributed by atoms with E-state index in [2.05, 4.69) is 11.8 Å². The van der Waals surface area contributed by atoms with Crippen LogP contribution in [0, 0.1) is 30.4 Å². The van der Waals surface area contributed by atoms with E-state index in [0.29, 0.717) is 5.92 Å². The standard InChI is InChI=1S/C15H20F2O2.CH4.H2/c1-9-3-6-11(7-4-9)15(19-18)12-8-5-10(2)13(16)14(12)17;;/h5,8-9,11,15,18H,3-4,6-7H2,1-2H3;1H4;1H. The van der Waals surface area contributed by atoms with Crippen LogP contribution < -0.4 is 0 Å². The van der Waals surface area contributed by atoms with Crippen molar-refractivity contribution in [3.8, 4) is 0 Å². The lowest BCUT2D eigenvalue weighted by Gasteiger charge is -2.31. The van der Waals surface area contributed by atoms with E-state index >= 15 is 0 Å². The molecule has 1 aliphatic carbocycles. The molecule has 4 heteroatoms. The van der Waals surface area contributed by atoms with Crippen LogP contribution in [0.25, 0.3) is 0 Å². The van der Waals surface area contributed by atoms with Crippen LogP contribution in [0.4, 0.5) is 8.78 Å². The first-order valence-electron chi connectivity index (χ1n) is 6.79. The third kappa shape index (κ3) is 3.36. The van der Waals surface area contributed by atoms with E-state index in [9.17, 15) is 8.78 Å². The van der Waals surface area contributed by atoms with Crippen LogP contribution in [-0.2, 0) is 4.89 Å². The lowest BCUT2D eigenvalue weighted by atomic mass is 9.78. The van der Waals surface area contributed by atoms with Crippen molar-refractivity contribution >= 4 is 0 Å². The van der Waals surface area contributed by atoms with Gasteiger partial charge in [0.05, 0.1) is 0 Å². The van der Waals surface area contributed by atoms with E-state index < -0.39 is 17.7 Å². The molecule has 116 valence electrons. The molecule has 0 saturated heterocycles. The molecule has 20 heavy (non-hydrogen) atoms. The Bertz CT molecular complexity index is 446. The van der Waals surface area contributed by atoms with Gasteiger partial charge in [-0.3, -0.25) is 5.26 Å². The zero-order chi connectivity index (χ0) is 14.0. The molecule has 0 spiro atoms. The molecule has 1 atom stereocenters. The highest BCUT2D eigenvalue weighted by Crippen LogP contribution is 2.39. The predicted octanol–water partition coefficient (Wildman–Crippen LogP) is 5.51. The zero-order valence-electron chi connectivity index (χ0n) is 11.3. The molecule has 0 heterocycles. The average molecular weight is 288 g/mol. The highest BCUT2D eigenvalue weighted by Gasteiger charge is 2.31. The van der Waals surface area contributed by atoms with E-state index in [1.165, 1.54) is 19.1 Å². The summed E-state index contributed by atoms with van der Waals surface area (Å²) in [4.78, 5) is 4.48. The smallest absolute Gasteiger partial charge is 0.165 e. The molecule has 1 N–H and O–H groups in total. The van der Waals surface area contributed by atoms with Gasteiger partial charge in [0, 0.05) is 6.99 Å². The van der Waals surface area contributed by atoms with Crippen LogP contribution in [0.1, 0.15) is 58.7 Å². The van der Waals surface area contributed by atoms with Gasteiger partial charge in [-0.2, -0.15) is 0 Å². The van der Waals surface area contributed by atoms with Gasteiger partial charge in [-0.05, 0) is 37.2 Å². The maximum atomic E-state index is 14.0. The van der Waals surface area contributed by atoms with Gasteiger partial charge >= 0.3 is 0 Å². The molecule has 0 amide bonds. The first kappa shape index (κ1) is 17.1. The van der Waals surface area contributed by atoms with Crippen LogP contribution in [0.2, 0.25) is 0 Å². The number of halogens is 2. The van der Waals surface area contributed by atoms with Gasteiger partial charge in [0.25, 0.3) is 0 Å². The van der Waals surface area contributed by atoms with E-state index in [-0.39, 0.29) is 25.9 Å². The number of benzene rings is 1. The minimum absolute atomic E-state index is 0. The average Bonchev–Trinajstić information content (AvgIpc) is 2.41. The van der Waals surface area contributed by atoms with Crippen LogP contribution in [-0.4, -0.2) is 5.26 Å². The molecule has 0 aliphatic heterocycles. The maximum absolute atomic E-state index is 14.0. The Hall–Kier alpha value is -1.00. The van der Waals surface area contributed by atoms with Crippen LogP contribution in [0.15, 0.2) is 12.1 Å². The maximum Gasteiger partial charge on any atom is 0.165 e. The molecule has 0 radical (unpaired) electrons. The predicted molar refractivity (Wildman–Crippen MR) is 77.5 cm³/mol. The van der Waals surface area contributed by atoms with Crippen molar-refractivity contribution in [2.45, 2.75) is 53.1 Å². The molecule has 0 aromatic heterocycles. The van der Waals surface area contributed by atoms with Crippen LogP contribution in [0.5, 0.6) is 0 Å². The third-order valence-corrected chi connectivity index (χ3v) is 4.21. The molecule has 1 unspecified atom stereocenters. The molecule has 1 fully saturated rings. The van der Waals surface area contributed by atoms with Crippen molar-refractivity contribution in [2.75, 3.05) is 0 Å². The van der Waals surface area contributed by atoms with Gasteiger partial charge in [-0.1, -0.05) is 39.3 Å². The zero-order valence-corrected chi connectivity index (χ0v) is 11.3. The number of hydrogen-bond donors (Lipinski definition) is 1. The first-order valence-corrected chi connectivity index (χ1v) is 6.79. The Labute approximate surface area is 121 Å². The van der Waals surface area contributed by atoms with Crippen molar-refractivity contribution in [2.24, 2.45) is 11.8 Å². The molecule has 2 nitrogen and oxygen atoms in total. The number of aryl methyl sites for hydroxylation is 1. The lowest BCUT2D eigenvalue weighted by Crippen LogP contribution is -2.22. The Balaban J connectivity index is 0.00000200. The van der Waals surface area contributed by atoms with Crippen molar-refractivity contribution in [1.82, 2.24) is 0 Å². The van der Waals surface area contributed by atoms with Gasteiger partial charge in [-0.15, -0.1) is 0 Å². The Morgan fingerprint density at radius 1 is 1.20 bits per heavy atom. The third-order valence-electron chi connectivity index (χ3n) is 4.21. The van der Waals surface area contributed by atoms with Gasteiger partial charge in [0.1, 0.15) is 6.10 Å². The van der Waals surface area contributed by atoms with Gasteiger partial charge < -0.3 is 0 Å². The van der Waals surface area contributed by atoms with Gasteiger partial charge in [-0.25, -0.2) is 13.7 Å². The molecule has 0 bridgehead atoms. The van der Waals surface area contributed by atoms with E-state index in [4.69, 9.17) is 5.26 Å². The Morgan fingerprint density at radius 2 is 1.80 bits per heavy atom. The van der Waals surface area contributed by atoms with Gasteiger partial charge in [0.2, 0.25) is 0 Å². The fourth-order valence-corrected chi connectivity index (χ4v) is 2.87. The van der Waals surface area contributed by atoms with Crippen LogP contribution in [0.3, 0.4) is 0 Å². The summed E-state index contributed by atoms with van der Waals surface area (Å²) in [6, 6.07) is 3.03. The summed E-state index contributed by atoms with van der Waals surface area (Å²) in [5.41, 5.74) is 0.375. The summed E-state index contributed by atoms with van der Waals surface area (Å²) < 4.78 is 27.6. The first-order chi connectivity index (χ1) is 9.04. The summed E-state index contributed by atoms with van der Waals surface area (Å²) in [5.74, 6) is -1.07. The Morgan fingerprint density at radius 3 is 2.35 bits per heavy atom. The van der Waals surface area contributed by atoms with Crippen molar-refractivity contribution in [3.63, 3.8) is 0 Å². The van der Waals surface area contributed by atoms with E-state index in [1.54, 1.807) is 0 Å². The highest BCUT2D eigenvalue weighted by atomic mass is 19.2.